The molecule has 0 heterocycles. The first kappa shape index (κ1) is 16.4. The molecule has 1 unspecified atom stereocenters. The van der Waals surface area contributed by atoms with Crippen LogP contribution in [0.4, 0.5) is 0 Å². The van der Waals surface area contributed by atoms with E-state index in [1.165, 1.54) is 22.3 Å². The third-order valence-corrected chi connectivity index (χ3v) is 5.31. The number of benzene rings is 1. The molecular formula is C13H15Cl2Zr. The Kier molecular flexibility index (Phi) is 6.00. The molecule has 0 amide bonds. The Hall–Kier alpha value is 0.423. The van der Waals surface area contributed by atoms with E-state index in [1.807, 2.05) is 0 Å². The molecule has 1 aliphatic carbocycles. The normalized spacial score (nSPS) is 17.8. The van der Waals surface area contributed by atoms with Crippen LogP contribution in [-0.2, 0) is 24.7 Å². The fourth-order valence-corrected chi connectivity index (χ4v) is 3.35. The van der Waals surface area contributed by atoms with Gasteiger partial charge >= 0.3 is 102 Å². The van der Waals surface area contributed by atoms with Gasteiger partial charge in [0.2, 0.25) is 0 Å². The molecule has 0 spiro atoms. The van der Waals surface area contributed by atoms with E-state index in [4.69, 9.17) is 0 Å². The molecule has 2 rings (SSSR count). The minimum Gasteiger partial charge on any atom is -1.00 e. The van der Waals surface area contributed by atoms with Gasteiger partial charge in [-0.2, -0.15) is 0 Å². The van der Waals surface area contributed by atoms with Crippen LogP contribution < -0.4 is 24.8 Å². The molecule has 0 saturated carbocycles. The van der Waals surface area contributed by atoms with Gasteiger partial charge in [-0.25, -0.2) is 0 Å². The van der Waals surface area contributed by atoms with Crippen LogP contribution in [0.25, 0.3) is 5.57 Å². The van der Waals surface area contributed by atoms with Crippen LogP contribution >= 0.6 is 0 Å². The summed E-state index contributed by atoms with van der Waals surface area (Å²) in [6.45, 7) is 9.00. The Morgan fingerprint density at radius 3 is 2.12 bits per heavy atom. The summed E-state index contributed by atoms with van der Waals surface area (Å²) in [6, 6.07) is 4.58. The maximum atomic E-state index is 2.32. The van der Waals surface area contributed by atoms with Gasteiger partial charge in [-0.05, 0) is 0 Å². The Labute approximate surface area is 126 Å². The molecule has 0 radical (unpaired) electrons. The van der Waals surface area contributed by atoms with Crippen molar-refractivity contribution in [1.29, 1.82) is 0 Å². The molecule has 0 saturated heterocycles. The van der Waals surface area contributed by atoms with Gasteiger partial charge in [-0.15, -0.1) is 0 Å². The summed E-state index contributed by atoms with van der Waals surface area (Å²) in [7, 11) is 0. The number of halogens is 2. The molecular weight excluding hydrogens is 318 g/mol. The summed E-state index contributed by atoms with van der Waals surface area (Å²) in [5, 5.41) is 0. The van der Waals surface area contributed by atoms with Gasteiger partial charge in [0.1, 0.15) is 0 Å². The molecule has 0 aromatic heterocycles. The molecule has 1 aromatic carbocycles. The molecule has 1 atom stereocenters. The maximum absolute atomic E-state index is 2.32. The second-order valence-electron chi connectivity index (χ2n) is 4.21. The molecule has 1 aliphatic rings. The van der Waals surface area contributed by atoms with E-state index < -0.39 is 0 Å². The molecule has 0 bridgehead atoms. The van der Waals surface area contributed by atoms with Crippen LogP contribution in [0.15, 0.2) is 17.7 Å². The van der Waals surface area contributed by atoms with Gasteiger partial charge in [-0.1, -0.05) is 0 Å². The standard InChI is InChI=1S/C13H15.2ClH.Zr/c1-8-5-6-12-7-9(2)11(4)13(12)10(8)3;;;/h5-7H,1-4H3;2*1H;/q;;;+2/p-2. The van der Waals surface area contributed by atoms with Crippen molar-refractivity contribution in [2.24, 2.45) is 0 Å². The van der Waals surface area contributed by atoms with Crippen LogP contribution in [0.2, 0.25) is 0 Å². The second kappa shape index (κ2) is 5.85. The van der Waals surface area contributed by atoms with Gasteiger partial charge in [0.25, 0.3) is 0 Å². The Morgan fingerprint density at radius 1 is 1.00 bits per heavy atom. The fraction of sp³-hybridized carbons (Fsp3) is 0.385. The van der Waals surface area contributed by atoms with Crippen molar-refractivity contribution in [1.82, 2.24) is 0 Å². The predicted molar refractivity (Wildman–Crippen MR) is 56.9 cm³/mol. The molecule has 3 heteroatoms. The molecule has 0 N–H and O–H groups in total. The molecule has 0 fully saturated rings. The molecule has 16 heavy (non-hydrogen) atoms. The molecule has 0 aliphatic heterocycles. The van der Waals surface area contributed by atoms with Crippen LogP contribution in [0.1, 0.15) is 39.7 Å². The number of aryl methyl sites for hydroxylation is 1. The zero-order valence-corrected chi connectivity index (χ0v) is 14.0. The Morgan fingerprint density at radius 2 is 1.56 bits per heavy atom. The minimum atomic E-state index is 0. The van der Waals surface area contributed by atoms with Crippen LogP contribution in [0, 0.1) is 13.8 Å². The van der Waals surface area contributed by atoms with Crippen molar-refractivity contribution in [2.75, 3.05) is 0 Å². The molecule has 1 aromatic rings. The summed E-state index contributed by atoms with van der Waals surface area (Å²) in [6.07, 6.45) is 0. The first-order valence-corrected chi connectivity index (χ1v) is 6.45. The summed E-state index contributed by atoms with van der Waals surface area (Å²) < 4.78 is 0.705. The van der Waals surface area contributed by atoms with Crippen LogP contribution in [0.3, 0.4) is 0 Å². The predicted octanol–water partition coefficient (Wildman–Crippen LogP) is -2.29. The third kappa shape index (κ3) is 2.33. The van der Waals surface area contributed by atoms with E-state index in [1.54, 1.807) is 35.9 Å². The van der Waals surface area contributed by atoms with Gasteiger partial charge in [0, 0.05) is 0 Å². The SMILES string of the molecule is CC1=C(C)[CH]([Zr+2])c2ccc(C)c(C)c21.[Cl-].[Cl-]. The van der Waals surface area contributed by atoms with Crippen molar-refractivity contribution in [3.8, 4) is 0 Å². The largest absolute Gasteiger partial charge is 1.00 e. The van der Waals surface area contributed by atoms with E-state index in [9.17, 15) is 0 Å². The Bertz CT molecular complexity index is 436. The zero-order chi connectivity index (χ0) is 10.5. The van der Waals surface area contributed by atoms with Crippen molar-refractivity contribution in [3.63, 3.8) is 0 Å². The van der Waals surface area contributed by atoms with Crippen LogP contribution in [0.5, 0.6) is 0 Å². The van der Waals surface area contributed by atoms with Crippen molar-refractivity contribution >= 4 is 5.57 Å². The van der Waals surface area contributed by atoms with E-state index in [0.29, 0.717) is 3.63 Å². The first-order chi connectivity index (χ1) is 6.54. The fourth-order valence-electron chi connectivity index (χ4n) is 2.22. The number of allylic oxidation sites excluding steroid dienone is 2. The molecule has 0 nitrogen and oxygen atoms in total. The maximum Gasteiger partial charge on any atom is -1.00 e. The van der Waals surface area contributed by atoms with Gasteiger partial charge in [0.15, 0.2) is 0 Å². The molecule has 85 valence electrons. The quantitative estimate of drug-likeness (QED) is 0.501. The summed E-state index contributed by atoms with van der Waals surface area (Å²) in [5.74, 6) is 0. The van der Waals surface area contributed by atoms with Crippen LogP contribution in [-0.4, -0.2) is 0 Å². The zero-order valence-electron chi connectivity index (χ0n) is 9.99. The Balaban J connectivity index is 0.00000112. The third-order valence-electron chi connectivity index (χ3n) is 3.48. The summed E-state index contributed by atoms with van der Waals surface area (Å²) in [5.41, 5.74) is 9.07. The van der Waals surface area contributed by atoms with Crippen molar-refractivity contribution in [2.45, 2.75) is 31.3 Å². The number of hydrogen-bond donors (Lipinski definition) is 0. The van der Waals surface area contributed by atoms with E-state index in [2.05, 4.69) is 39.8 Å². The van der Waals surface area contributed by atoms with Crippen molar-refractivity contribution in [3.05, 3.63) is 40.0 Å². The smallest absolute Gasteiger partial charge is 1.00 e. The van der Waals surface area contributed by atoms with E-state index in [-0.39, 0.29) is 24.8 Å². The number of rotatable bonds is 0. The second-order valence-corrected chi connectivity index (χ2v) is 5.63. The van der Waals surface area contributed by atoms with Gasteiger partial charge < -0.3 is 24.8 Å². The average molecular weight is 333 g/mol. The minimum absolute atomic E-state index is 0. The monoisotopic (exact) mass is 331 g/mol. The first-order valence-electron chi connectivity index (χ1n) is 5.03. The topological polar surface area (TPSA) is 0 Å². The summed E-state index contributed by atoms with van der Waals surface area (Å²) in [4.78, 5) is 0. The average Bonchev–Trinajstić information content (AvgIpc) is 2.38. The van der Waals surface area contributed by atoms with E-state index in [0.717, 1.165) is 0 Å². The van der Waals surface area contributed by atoms with E-state index >= 15 is 0 Å². The van der Waals surface area contributed by atoms with Gasteiger partial charge in [0.05, 0.1) is 0 Å². The number of hydrogen-bond acceptors (Lipinski definition) is 0. The summed E-state index contributed by atoms with van der Waals surface area (Å²) >= 11 is 1.61. The van der Waals surface area contributed by atoms with Crippen molar-refractivity contribution < 1.29 is 49.5 Å². The van der Waals surface area contributed by atoms with Gasteiger partial charge in [-0.3, -0.25) is 0 Å². The number of fused-ring (bicyclic) bond motifs is 1.